The maximum atomic E-state index is 12.2. The molecule has 0 saturated heterocycles. The summed E-state index contributed by atoms with van der Waals surface area (Å²) in [7, 11) is 0. The number of amides is 2. The van der Waals surface area contributed by atoms with Crippen LogP contribution in [0, 0.1) is 0 Å². The van der Waals surface area contributed by atoms with Crippen molar-refractivity contribution in [1.82, 2.24) is 5.32 Å². The Balaban J connectivity index is 1.78. The van der Waals surface area contributed by atoms with Crippen molar-refractivity contribution >= 4 is 11.7 Å². The van der Waals surface area contributed by atoms with E-state index in [1.807, 2.05) is 24.3 Å². The van der Waals surface area contributed by atoms with Crippen LogP contribution in [0.1, 0.15) is 11.1 Å². The van der Waals surface area contributed by atoms with E-state index in [1.165, 1.54) is 18.2 Å². The van der Waals surface area contributed by atoms with Gasteiger partial charge in [-0.2, -0.15) is 8.78 Å². The lowest BCUT2D eigenvalue weighted by Gasteiger charge is -2.10. The molecule has 3 N–H and O–H groups in total. The van der Waals surface area contributed by atoms with E-state index in [-0.39, 0.29) is 12.4 Å². The van der Waals surface area contributed by atoms with Crippen LogP contribution in [0.3, 0.4) is 0 Å². The molecule has 5 nitrogen and oxygen atoms in total. The van der Waals surface area contributed by atoms with Crippen LogP contribution >= 0.6 is 0 Å². The predicted molar refractivity (Wildman–Crippen MR) is 86.2 cm³/mol. The van der Waals surface area contributed by atoms with Gasteiger partial charge in [-0.05, 0) is 29.7 Å². The van der Waals surface area contributed by atoms with Crippen molar-refractivity contribution in [1.29, 1.82) is 0 Å². The summed E-state index contributed by atoms with van der Waals surface area (Å²) in [5.74, 6) is -0.0215. The van der Waals surface area contributed by atoms with Gasteiger partial charge in [0.05, 0.1) is 6.61 Å². The van der Waals surface area contributed by atoms with Crippen molar-refractivity contribution in [2.45, 2.75) is 19.6 Å². The van der Waals surface area contributed by atoms with E-state index in [9.17, 15) is 13.6 Å². The van der Waals surface area contributed by atoms with E-state index in [0.717, 1.165) is 11.1 Å². The molecule has 24 heavy (non-hydrogen) atoms. The third kappa shape index (κ3) is 5.85. The summed E-state index contributed by atoms with van der Waals surface area (Å²) in [6, 6.07) is 12.8. The number of ether oxygens (including phenoxy) is 1. The Morgan fingerprint density at radius 1 is 1.12 bits per heavy atom. The van der Waals surface area contributed by atoms with Crippen LogP contribution in [0.15, 0.2) is 48.5 Å². The number of carbonyl (C=O) groups excluding carboxylic acids is 1. The molecular formula is C17H18F2N2O3. The Hall–Kier alpha value is -2.67. The zero-order valence-corrected chi connectivity index (χ0v) is 12.8. The zero-order valence-electron chi connectivity index (χ0n) is 12.8. The maximum Gasteiger partial charge on any atom is 0.387 e. The largest absolute Gasteiger partial charge is 0.435 e. The first-order valence-electron chi connectivity index (χ1n) is 7.35. The van der Waals surface area contributed by atoms with Gasteiger partial charge in [-0.1, -0.05) is 30.3 Å². The van der Waals surface area contributed by atoms with Crippen LogP contribution in [-0.4, -0.2) is 24.3 Å². The number of benzene rings is 2. The summed E-state index contributed by atoms with van der Waals surface area (Å²) < 4.78 is 28.6. The van der Waals surface area contributed by atoms with Gasteiger partial charge in [0.15, 0.2) is 0 Å². The lowest BCUT2D eigenvalue weighted by atomic mass is 10.1. The van der Waals surface area contributed by atoms with Gasteiger partial charge in [0, 0.05) is 18.3 Å². The van der Waals surface area contributed by atoms with Crippen molar-refractivity contribution in [3.63, 3.8) is 0 Å². The molecule has 0 aliphatic rings. The molecule has 0 unspecified atom stereocenters. The van der Waals surface area contributed by atoms with E-state index in [2.05, 4.69) is 15.4 Å². The average Bonchev–Trinajstić information content (AvgIpc) is 2.55. The van der Waals surface area contributed by atoms with Crippen LogP contribution in [0.25, 0.3) is 0 Å². The molecule has 0 bridgehead atoms. The summed E-state index contributed by atoms with van der Waals surface area (Å²) in [5, 5.41) is 14.2. The van der Waals surface area contributed by atoms with Crippen LogP contribution in [0.4, 0.5) is 19.3 Å². The molecule has 2 aromatic rings. The number of aliphatic hydroxyl groups excluding tert-OH is 1. The second-order valence-electron chi connectivity index (χ2n) is 5.01. The minimum Gasteiger partial charge on any atom is -0.435 e. The fourth-order valence-corrected chi connectivity index (χ4v) is 2.06. The first-order valence-corrected chi connectivity index (χ1v) is 7.35. The zero-order chi connectivity index (χ0) is 17.4. The molecule has 0 spiro atoms. The standard InChI is InChI=1S/C17H18F2N2O3/c18-16(19)24-15-3-1-2-14(10-15)21-17(23)20-9-8-12-4-6-13(11-22)7-5-12/h1-7,10,16,22H,8-9,11H2,(H2,20,21,23). The number of aliphatic hydroxyl groups is 1. The number of carbonyl (C=O) groups is 1. The SMILES string of the molecule is O=C(NCCc1ccc(CO)cc1)Nc1cccc(OC(F)F)c1. The van der Waals surface area contributed by atoms with Gasteiger partial charge in [-0.25, -0.2) is 4.79 Å². The predicted octanol–water partition coefficient (Wildman–Crippen LogP) is 3.14. The van der Waals surface area contributed by atoms with Crippen LogP contribution in [0.2, 0.25) is 0 Å². The molecular weight excluding hydrogens is 318 g/mol. The molecule has 128 valence electrons. The molecule has 0 aromatic heterocycles. The summed E-state index contributed by atoms with van der Waals surface area (Å²) in [4.78, 5) is 11.8. The molecule has 2 rings (SSSR count). The minimum absolute atomic E-state index is 0.00469. The summed E-state index contributed by atoms with van der Waals surface area (Å²) >= 11 is 0. The number of nitrogens with one attached hydrogen (secondary N) is 2. The quantitative estimate of drug-likeness (QED) is 0.727. The lowest BCUT2D eigenvalue weighted by molar-refractivity contribution is -0.0497. The van der Waals surface area contributed by atoms with E-state index < -0.39 is 12.6 Å². The molecule has 2 aromatic carbocycles. The third-order valence-corrected chi connectivity index (χ3v) is 3.22. The number of anilines is 1. The monoisotopic (exact) mass is 336 g/mol. The lowest BCUT2D eigenvalue weighted by Crippen LogP contribution is -2.30. The van der Waals surface area contributed by atoms with E-state index >= 15 is 0 Å². The van der Waals surface area contributed by atoms with Gasteiger partial charge < -0.3 is 20.5 Å². The van der Waals surface area contributed by atoms with Gasteiger partial charge in [0.25, 0.3) is 0 Å². The Kier molecular flexibility index (Phi) is 6.51. The first-order chi connectivity index (χ1) is 11.6. The van der Waals surface area contributed by atoms with Crippen LogP contribution in [0.5, 0.6) is 5.75 Å². The fraction of sp³-hybridized carbons (Fsp3) is 0.235. The Labute approximate surface area is 138 Å². The van der Waals surface area contributed by atoms with Crippen molar-refractivity contribution in [2.24, 2.45) is 0 Å². The summed E-state index contributed by atoms with van der Waals surface area (Å²) in [6.45, 7) is -2.50. The number of hydrogen-bond donors (Lipinski definition) is 3. The molecule has 0 fully saturated rings. The van der Waals surface area contributed by atoms with Crippen molar-refractivity contribution in [2.75, 3.05) is 11.9 Å². The van der Waals surface area contributed by atoms with E-state index in [0.29, 0.717) is 18.7 Å². The van der Waals surface area contributed by atoms with E-state index in [1.54, 1.807) is 6.07 Å². The van der Waals surface area contributed by atoms with Crippen LogP contribution < -0.4 is 15.4 Å². The molecule has 0 radical (unpaired) electrons. The molecule has 2 amide bonds. The third-order valence-electron chi connectivity index (χ3n) is 3.22. The fourth-order valence-electron chi connectivity index (χ4n) is 2.06. The maximum absolute atomic E-state index is 12.2. The Bertz CT molecular complexity index is 663. The smallest absolute Gasteiger partial charge is 0.387 e. The molecule has 0 aliphatic heterocycles. The number of rotatable bonds is 7. The Morgan fingerprint density at radius 2 is 1.83 bits per heavy atom. The highest BCUT2D eigenvalue weighted by Gasteiger charge is 2.06. The highest BCUT2D eigenvalue weighted by atomic mass is 19.3. The molecule has 7 heteroatoms. The highest BCUT2D eigenvalue weighted by Crippen LogP contribution is 2.19. The number of alkyl halides is 2. The molecule has 0 saturated carbocycles. The van der Waals surface area contributed by atoms with E-state index in [4.69, 9.17) is 5.11 Å². The van der Waals surface area contributed by atoms with Gasteiger partial charge in [-0.3, -0.25) is 0 Å². The normalized spacial score (nSPS) is 10.5. The van der Waals surface area contributed by atoms with Crippen molar-refractivity contribution < 1.29 is 23.4 Å². The Morgan fingerprint density at radius 3 is 2.50 bits per heavy atom. The van der Waals surface area contributed by atoms with Crippen molar-refractivity contribution in [3.8, 4) is 5.75 Å². The van der Waals surface area contributed by atoms with Gasteiger partial charge in [-0.15, -0.1) is 0 Å². The molecule has 0 aliphatic carbocycles. The van der Waals surface area contributed by atoms with Gasteiger partial charge in [0.1, 0.15) is 5.75 Å². The average molecular weight is 336 g/mol. The second kappa shape index (κ2) is 8.83. The van der Waals surface area contributed by atoms with Crippen LogP contribution in [-0.2, 0) is 13.0 Å². The number of halogens is 2. The highest BCUT2D eigenvalue weighted by molar-refractivity contribution is 5.89. The first kappa shape index (κ1) is 17.7. The minimum atomic E-state index is -2.91. The van der Waals surface area contributed by atoms with Crippen molar-refractivity contribution in [3.05, 3.63) is 59.7 Å². The number of hydrogen-bond acceptors (Lipinski definition) is 3. The van der Waals surface area contributed by atoms with Gasteiger partial charge >= 0.3 is 12.6 Å². The van der Waals surface area contributed by atoms with Gasteiger partial charge in [0.2, 0.25) is 0 Å². The second-order valence-corrected chi connectivity index (χ2v) is 5.01. The summed E-state index contributed by atoms with van der Waals surface area (Å²) in [5.41, 5.74) is 2.22. The molecule has 0 atom stereocenters. The molecule has 0 heterocycles. The number of urea groups is 1. The topological polar surface area (TPSA) is 70.6 Å². The summed E-state index contributed by atoms with van der Waals surface area (Å²) in [6.07, 6.45) is 0.633.